The van der Waals surface area contributed by atoms with Gasteiger partial charge in [0.2, 0.25) is 0 Å². The SMILES string of the molecule is N#CC1(CC2CC3CCC2C3)CCCOC1. The molecule has 16 heavy (non-hydrogen) atoms. The van der Waals surface area contributed by atoms with Crippen molar-refractivity contribution in [2.45, 2.75) is 44.9 Å². The molecule has 3 aliphatic rings. The van der Waals surface area contributed by atoms with E-state index in [9.17, 15) is 5.26 Å². The third kappa shape index (κ3) is 1.76. The molecule has 4 atom stereocenters. The molecule has 1 heterocycles. The van der Waals surface area contributed by atoms with Gasteiger partial charge in [-0.1, -0.05) is 6.42 Å². The van der Waals surface area contributed by atoms with E-state index in [2.05, 4.69) is 6.07 Å². The zero-order valence-corrected chi connectivity index (χ0v) is 9.95. The van der Waals surface area contributed by atoms with Gasteiger partial charge in [0.25, 0.3) is 0 Å². The summed E-state index contributed by atoms with van der Waals surface area (Å²) in [6.07, 6.45) is 8.99. The van der Waals surface area contributed by atoms with Gasteiger partial charge in [0.1, 0.15) is 0 Å². The van der Waals surface area contributed by atoms with Crippen molar-refractivity contribution in [3.05, 3.63) is 0 Å². The Morgan fingerprint density at radius 1 is 1.31 bits per heavy atom. The smallest absolute Gasteiger partial charge is 0.0810 e. The van der Waals surface area contributed by atoms with Crippen molar-refractivity contribution in [1.29, 1.82) is 5.26 Å². The van der Waals surface area contributed by atoms with E-state index in [1.165, 1.54) is 25.7 Å². The summed E-state index contributed by atoms with van der Waals surface area (Å²) in [5, 5.41) is 9.44. The van der Waals surface area contributed by atoms with Crippen molar-refractivity contribution in [1.82, 2.24) is 0 Å². The summed E-state index contributed by atoms with van der Waals surface area (Å²) < 4.78 is 5.54. The van der Waals surface area contributed by atoms with Crippen molar-refractivity contribution < 1.29 is 4.74 Å². The van der Waals surface area contributed by atoms with Crippen molar-refractivity contribution in [3.8, 4) is 6.07 Å². The van der Waals surface area contributed by atoms with Crippen LogP contribution < -0.4 is 0 Å². The maximum Gasteiger partial charge on any atom is 0.0810 e. The molecule has 2 bridgehead atoms. The molecule has 88 valence electrons. The predicted molar refractivity (Wildman–Crippen MR) is 61.7 cm³/mol. The Labute approximate surface area is 98.0 Å². The van der Waals surface area contributed by atoms with Crippen molar-refractivity contribution >= 4 is 0 Å². The molecule has 0 aromatic heterocycles. The zero-order valence-electron chi connectivity index (χ0n) is 9.95. The Hall–Kier alpha value is -0.550. The first kappa shape index (κ1) is 10.6. The highest BCUT2D eigenvalue weighted by Gasteiger charge is 2.44. The summed E-state index contributed by atoms with van der Waals surface area (Å²) in [5.41, 5.74) is -0.132. The molecule has 0 N–H and O–H groups in total. The molecule has 3 fully saturated rings. The van der Waals surface area contributed by atoms with Crippen molar-refractivity contribution in [2.24, 2.45) is 23.2 Å². The first-order valence-corrected chi connectivity index (χ1v) is 6.80. The van der Waals surface area contributed by atoms with Crippen LogP contribution in [0.4, 0.5) is 0 Å². The topological polar surface area (TPSA) is 33.0 Å². The molecule has 0 spiro atoms. The Morgan fingerprint density at radius 3 is 2.81 bits per heavy atom. The summed E-state index contributed by atoms with van der Waals surface area (Å²) in [7, 11) is 0. The summed E-state index contributed by atoms with van der Waals surface area (Å²) in [6, 6.07) is 2.58. The van der Waals surface area contributed by atoms with Gasteiger partial charge in [-0.05, 0) is 56.3 Å². The molecule has 0 amide bonds. The minimum absolute atomic E-state index is 0.132. The molecule has 0 aromatic carbocycles. The maximum absolute atomic E-state index is 9.44. The molecule has 0 aromatic rings. The summed E-state index contributed by atoms with van der Waals surface area (Å²) >= 11 is 0. The number of nitrogens with zero attached hydrogens (tertiary/aromatic N) is 1. The Morgan fingerprint density at radius 2 is 2.25 bits per heavy atom. The quantitative estimate of drug-likeness (QED) is 0.714. The number of nitriles is 1. The second-order valence-electron chi connectivity index (χ2n) is 6.19. The monoisotopic (exact) mass is 219 g/mol. The number of hydrogen-bond acceptors (Lipinski definition) is 2. The molecular formula is C14H21NO. The van der Waals surface area contributed by atoms with Gasteiger partial charge in [-0.15, -0.1) is 0 Å². The van der Waals surface area contributed by atoms with Crippen LogP contribution in [0.15, 0.2) is 0 Å². The van der Waals surface area contributed by atoms with E-state index < -0.39 is 0 Å². The van der Waals surface area contributed by atoms with Gasteiger partial charge in [-0.3, -0.25) is 0 Å². The fourth-order valence-electron chi connectivity index (χ4n) is 4.28. The standard InChI is InChI=1S/C14H21NO/c15-9-14(4-1-5-16-10-14)8-13-7-11-2-3-12(13)6-11/h11-13H,1-8,10H2. The molecule has 4 unspecified atom stereocenters. The highest BCUT2D eigenvalue weighted by atomic mass is 16.5. The highest BCUT2D eigenvalue weighted by Crippen LogP contribution is 2.52. The molecule has 1 saturated heterocycles. The lowest BCUT2D eigenvalue weighted by molar-refractivity contribution is 0.00576. The molecule has 2 saturated carbocycles. The van der Waals surface area contributed by atoms with Crippen LogP contribution in [-0.4, -0.2) is 13.2 Å². The van der Waals surface area contributed by atoms with E-state index in [1.807, 2.05) is 0 Å². The van der Waals surface area contributed by atoms with E-state index in [0.29, 0.717) is 6.61 Å². The fraction of sp³-hybridized carbons (Fsp3) is 0.929. The maximum atomic E-state index is 9.44. The largest absolute Gasteiger partial charge is 0.380 e. The molecule has 3 rings (SSSR count). The third-order valence-corrected chi connectivity index (χ3v) is 5.10. The van der Waals surface area contributed by atoms with Gasteiger partial charge < -0.3 is 4.74 Å². The van der Waals surface area contributed by atoms with E-state index in [1.54, 1.807) is 0 Å². The molecule has 2 aliphatic carbocycles. The summed E-state index contributed by atoms with van der Waals surface area (Å²) in [4.78, 5) is 0. The normalized spacial score (nSPS) is 46.8. The van der Waals surface area contributed by atoms with E-state index in [0.717, 1.165) is 43.6 Å². The molecular weight excluding hydrogens is 198 g/mol. The average molecular weight is 219 g/mol. The molecule has 2 nitrogen and oxygen atoms in total. The Balaban J connectivity index is 1.66. The van der Waals surface area contributed by atoms with Crippen LogP contribution >= 0.6 is 0 Å². The van der Waals surface area contributed by atoms with Crippen LogP contribution in [-0.2, 0) is 4.74 Å². The van der Waals surface area contributed by atoms with Crippen LogP contribution in [0, 0.1) is 34.5 Å². The predicted octanol–water partition coefficient (Wildman–Crippen LogP) is 3.13. The highest BCUT2D eigenvalue weighted by molar-refractivity contribution is 5.04. The lowest BCUT2D eigenvalue weighted by Crippen LogP contribution is -2.33. The van der Waals surface area contributed by atoms with Crippen LogP contribution in [0.2, 0.25) is 0 Å². The van der Waals surface area contributed by atoms with Gasteiger partial charge in [-0.25, -0.2) is 0 Å². The summed E-state index contributed by atoms with van der Waals surface area (Å²) in [5.74, 6) is 2.77. The fourth-order valence-corrected chi connectivity index (χ4v) is 4.28. The molecule has 1 aliphatic heterocycles. The number of rotatable bonds is 2. The van der Waals surface area contributed by atoms with Gasteiger partial charge in [-0.2, -0.15) is 5.26 Å². The van der Waals surface area contributed by atoms with Crippen LogP contribution in [0.3, 0.4) is 0 Å². The number of ether oxygens (including phenoxy) is 1. The van der Waals surface area contributed by atoms with Gasteiger partial charge in [0.05, 0.1) is 18.1 Å². The van der Waals surface area contributed by atoms with Crippen molar-refractivity contribution in [2.75, 3.05) is 13.2 Å². The van der Waals surface area contributed by atoms with Crippen LogP contribution in [0.25, 0.3) is 0 Å². The summed E-state index contributed by atoms with van der Waals surface area (Å²) in [6.45, 7) is 1.55. The number of fused-ring (bicyclic) bond motifs is 2. The minimum atomic E-state index is -0.132. The van der Waals surface area contributed by atoms with E-state index >= 15 is 0 Å². The van der Waals surface area contributed by atoms with Gasteiger partial charge >= 0.3 is 0 Å². The van der Waals surface area contributed by atoms with Gasteiger partial charge in [0.15, 0.2) is 0 Å². The average Bonchev–Trinajstić information content (AvgIpc) is 2.92. The Bertz CT molecular complexity index is 300. The zero-order chi connectivity index (χ0) is 11.0. The van der Waals surface area contributed by atoms with Crippen LogP contribution in [0.1, 0.15) is 44.9 Å². The molecule has 0 radical (unpaired) electrons. The first-order valence-electron chi connectivity index (χ1n) is 6.80. The lowest BCUT2D eigenvalue weighted by atomic mass is 9.72. The second-order valence-corrected chi connectivity index (χ2v) is 6.19. The third-order valence-electron chi connectivity index (χ3n) is 5.10. The molecule has 2 heteroatoms. The van der Waals surface area contributed by atoms with Gasteiger partial charge in [0, 0.05) is 6.61 Å². The minimum Gasteiger partial charge on any atom is -0.380 e. The first-order chi connectivity index (χ1) is 7.81. The number of hydrogen-bond donors (Lipinski definition) is 0. The van der Waals surface area contributed by atoms with E-state index in [4.69, 9.17) is 4.74 Å². The van der Waals surface area contributed by atoms with Crippen molar-refractivity contribution in [3.63, 3.8) is 0 Å². The van der Waals surface area contributed by atoms with E-state index in [-0.39, 0.29) is 5.41 Å². The Kier molecular flexibility index (Phi) is 2.67. The second kappa shape index (κ2) is 4.04. The van der Waals surface area contributed by atoms with Crippen LogP contribution in [0.5, 0.6) is 0 Å². The lowest BCUT2D eigenvalue weighted by Gasteiger charge is -2.35.